The van der Waals surface area contributed by atoms with Crippen LogP contribution in [0.2, 0.25) is 0 Å². The van der Waals surface area contributed by atoms with Gasteiger partial charge in [-0.05, 0) is 105 Å². The molecule has 0 aliphatic rings. The van der Waals surface area contributed by atoms with Crippen LogP contribution in [0.3, 0.4) is 0 Å². The summed E-state index contributed by atoms with van der Waals surface area (Å²) < 4.78 is 0. The van der Waals surface area contributed by atoms with Crippen molar-refractivity contribution in [3.63, 3.8) is 0 Å². The largest absolute Gasteiger partial charge is 0.480 e. The summed E-state index contributed by atoms with van der Waals surface area (Å²) in [6.45, 7) is 32.7. The van der Waals surface area contributed by atoms with Crippen LogP contribution in [0.1, 0.15) is 184 Å². The fourth-order valence-electron chi connectivity index (χ4n) is 10.5. The smallest absolute Gasteiger partial charge is 0.326 e. The second-order valence-corrected chi connectivity index (χ2v) is 30.7. The average Bonchev–Trinajstić information content (AvgIpc) is 0.859. The van der Waals surface area contributed by atoms with E-state index >= 15 is 0 Å². The summed E-state index contributed by atoms with van der Waals surface area (Å²) in [4.78, 5) is 216. The molecule has 106 heavy (non-hydrogen) atoms. The van der Waals surface area contributed by atoms with Gasteiger partial charge in [0.2, 0.25) is 88.6 Å². The number of carbonyl (C=O) groups is 16. The molecule has 0 rings (SSSR count). The standard InChI is InChI=1S/C71H128N16O18S/c1-23-39(16)55(85-61(94)45(26-27-106-22)77-69(102)56(40(17)24-2)82-50(91)32-74-65(98)52(36(10)11)84-70(103)58(44(21)88)87-59(92)42(19)72)66(99)75-31-49(90)81-54(38(14)15)68(101)79-47(29-34(6)7)62(95)83-51(35(8)9)64(97)73-30-48(89)80-53(37(12)13)67(100)76-43(20)60(93)78-46(28-33(4)5)63(96)86-57(71(104)105)41(18)25-3/h33-47,51-58,88H,23-32,72H2,1-22H3,(H,73,97)(H,74,98)(H,75,99)(H,76,100)(H,77,102)(H,78,93)(H,79,101)(H,80,89)(H,81,90)(H,82,91)(H,83,95)(H,84,103)(H,85,94)(H,86,96)(H,87,92)(H,104,105)/t39-,40-,41-,42-,43-,44+,45-,46-,47-,51-,52-,53-,54-,55-,56-,57-,58-/m0/s1. The molecule has 34 nitrogen and oxygen atoms in total. The number of nitrogens with one attached hydrogen (secondary N) is 15. The van der Waals surface area contributed by atoms with Gasteiger partial charge in [0.15, 0.2) is 0 Å². The number of carboxylic acid groups (broad SMARTS) is 1. The molecule has 0 fully saturated rings. The van der Waals surface area contributed by atoms with Gasteiger partial charge in [-0.25, -0.2) is 4.79 Å². The minimum atomic E-state index is -1.46. The molecule has 0 unspecified atom stereocenters. The van der Waals surface area contributed by atoms with Crippen molar-refractivity contribution < 1.29 is 86.9 Å². The minimum Gasteiger partial charge on any atom is -0.480 e. The highest BCUT2D eigenvalue weighted by Gasteiger charge is 2.39. The Kier molecular flexibility index (Phi) is 45.1. The SMILES string of the molecule is CC[C@H](C)[C@H](NC(=O)[C@H](CC(C)C)NC(=O)[C@H](C)NC(=O)[C@@H](NC(=O)CNC(=O)[C@@H](NC(=O)[C@H](CC(C)C)NC(=O)[C@@H](NC(=O)CNC(=O)[C@@H](NC(=O)[C@H](CCSC)NC(=O)[C@@H](NC(=O)CNC(=O)[C@@H](NC(=O)[C@@H](NC(=O)[C@H](C)N)[C@@H](C)O)C(C)C)[C@@H](C)CC)[C@@H](C)CC)C(C)C)C(C)C)C(C)C)C(=O)O. The van der Waals surface area contributed by atoms with Crippen molar-refractivity contribution in [3.8, 4) is 0 Å². The first kappa shape index (κ1) is 97.8. The lowest BCUT2D eigenvalue weighted by molar-refractivity contribution is -0.144. The molecule has 0 spiro atoms. The third-order valence-electron chi connectivity index (χ3n) is 17.8. The quantitative estimate of drug-likeness (QED) is 0.0333. The summed E-state index contributed by atoms with van der Waals surface area (Å²) in [6, 6.07) is -16.0. The molecule has 0 saturated carbocycles. The van der Waals surface area contributed by atoms with E-state index in [1.54, 1.807) is 117 Å². The first-order chi connectivity index (χ1) is 49.2. The molecule has 19 N–H and O–H groups in total. The van der Waals surface area contributed by atoms with Crippen molar-refractivity contribution in [2.24, 2.45) is 59.0 Å². The number of aliphatic hydroxyl groups is 1. The van der Waals surface area contributed by atoms with E-state index in [1.807, 2.05) is 13.8 Å². The number of carboxylic acids is 1. The third kappa shape index (κ3) is 35.0. The third-order valence-corrected chi connectivity index (χ3v) is 18.5. The molecule has 0 bridgehead atoms. The second-order valence-electron chi connectivity index (χ2n) is 29.7. The Bertz CT molecular complexity index is 2950. The molecule has 0 heterocycles. The number of aliphatic hydroxyl groups excluding tert-OH is 1. The number of hydrogen-bond donors (Lipinski definition) is 18. The van der Waals surface area contributed by atoms with Gasteiger partial charge in [0, 0.05) is 0 Å². The predicted octanol–water partition coefficient (Wildman–Crippen LogP) is -1.41. The van der Waals surface area contributed by atoms with Gasteiger partial charge in [-0.15, -0.1) is 0 Å². The Balaban J connectivity index is 6.22. The van der Waals surface area contributed by atoms with Crippen molar-refractivity contribution in [1.82, 2.24) is 79.8 Å². The first-order valence-electron chi connectivity index (χ1n) is 36.8. The molecule has 0 aromatic carbocycles. The summed E-state index contributed by atoms with van der Waals surface area (Å²) in [5, 5.41) is 58.6. The first-order valence-corrected chi connectivity index (χ1v) is 38.2. The van der Waals surface area contributed by atoms with Crippen LogP contribution in [-0.2, 0) is 76.7 Å². The van der Waals surface area contributed by atoms with Gasteiger partial charge in [-0.3, -0.25) is 71.9 Å². The van der Waals surface area contributed by atoms with Crippen LogP contribution < -0.4 is 85.5 Å². The molecule has 606 valence electrons. The molecule has 35 heteroatoms. The van der Waals surface area contributed by atoms with Crippen molar-refractivity contribution in [3.05, 3.63) is 0 Å². The Hall–Kier alpha value is -8.21. The molecule has 15 amide bonds. The summed E-state index contributed by atoms with van der Waals surface area (Å²) in [5.74, 6) is -16.5. The van der Waals surface area contributed by atoms with Crippen molar-refractivity contribution in [2.75, 3.05) is 31.6 Å². The Morgan fingerprint density at radius 3 is 0.972 bits per heavy atom. The van der Waals surface area contributed by atoms with Gasteiger partial charge in [-0.2, -0.15) is 11.8 Å². The Morgan fingerprint density at radius 1 is 0.330 bits per heavy atom. The van der Waals surface area contributed by atoms with E-state index < -0.39 is 240 Å². The Morgan fingerprint density at radius 2 is 0.613 bits per heavy atom. The monoisotopic (exact) mass is 1520 g/mol. The van der Waals surface area contributed by atoms with E-state index in [2.05, 4.69) is 79.8 Å². The summed E-state index contributed by atoms with van der Waals surface area (Å²) >= 11 is 1.37. The van der Waals surface area contributed by atoms with Crippen molar-refractivity contribution in [2.45, 2.75) is 269 Å². The maximum Gasteiger partial charge on any atom is 0.326 e. The lowest BCUT2D eigenvalue weighted by atomic mass is 9.96. The normalized spacial score (nSPS) is 16.3. The van der Waals surface area contributed by atoms with Crippen molar-refractivity contribution >= 4 is 106 Å². The fraction of sp³-hybridized carbons (Fsp3) is 0.775. The van der Waals surface area contributed by atoms with Crippen LogP contribution >= 0.6 is 11.8 Å². The van der Waals surface area contributed by atoms with Crippen LogP contribution in [0.25, 0.3) is 0 Å². The molecule has 0 radical (unpaired) electrons. The zero-order chi connectivity index (χ0) is 81.9. The molecule has 0 saturated heterocycles. The summed E-state index contributed by atoms with van der Waals surface area (Å²) in [5.41, 5.74) is 5.61. The zero-order valence-electron chi connectivity index (χ0n) is 66.3. The van der Waals surface area contributed by atoms with E-state index in [-0.39, 0.29) is 31.1 Å². The summed E-state index contributed by atoms with van der Waals surface area (Å²) in [6.07, 6.45) is 1.92. The molecule has 17 atom stereocenters. The molecule has 0 aromatic heterocycles. The van der Waals surface area contributed by atoms with Gasteiger partial charge in [-0.1, -0.05) is 144 Å². The zero-order valence-corrected chi connectivity index (χ0v) is 67.1. The van der Waals surface area contributed by atoms with E-state index in [9.17, 15) is 86.9 Å². The van der Waals surface area contributed by atoms with E-state index in [4.69, 9.17) is 5.73 Å². The van der Waals surface area contributed by atoms with E-state index in [0.717, 1.165) is 0 Å². The highest BCUT2D eigenvalue weighted by molar-refractivity contribution is 7.98. The maximum atomic E-state index is 14.2. The number of hydrogen-bond acceptors (Lipinski definition) is 19. The molecular formula is C71H128N16O18S. The highest BCUT2D eigenvalue weighted by atomic mass is 32.2. The van der Waals surface area contributed by atoms with Gasteiger partial charge in [0.1, 0.15) is 72.5 Å². The van der Waals surface area contributed by atoms with Crippen LogP contribution in [0, 0.1) is 53.3 Å². The molecule has 0 aliphatic heterocycles. The lowest BCUT2D eigenvalue weighted by Gasteiger charge is -2.29. The fourth-order valence-corrected chi connectivity index (χ4v) is 11.0. The van der Waals surface area contributed by atoms with Crippen LogP contribution in [-0.4, -0.2) is 221 Å². The van der Waals surface area contributed by atoms with Gasteiger partial charge < -0.3 is 95.7 Å². The van der Waals surface area contributed by atoms with Gasteiger partial charge in [0.25, 0.3) is 0 Å². The average molecular weight is 1530 g/mol. The van der Waals surface area contributed by atoms with E-state index in [0.29, 0.717) is 25.0 Å². The van der Waals surface area contributed by atoms with Crippen LogP contribution in [0.5, 0.6) is 0 Å². The molecular weight excluding hydrogens is 1400 g/mol. The maximum absolute atomic E-state index is 14.2. The lowest BCUT2D eigenvalue weighted by Crippen LogP contribution is -2.61. The minimum absolute atomic E-state index is 0.0690. The molecule has 0 aromatic rings. The number of nitrogens with two attached hydrogens (primary N) is 1. The number of rotatable bonds is 49. The number of thioether (sulfide) groups is 1. The summed E-state index contributed by atoms with van der Waals surface area (Å²) in [7, 11) is 0. The number of aliphatic carboxylic acids is 1. The predicted molar refractivity (Wildman–Crippen MR) is 400 cm³/mol. The topological polar surface area (TPSA) is 520 Å². The van der Waals surface area contributed by atoms with Crippen LogP contribution in [0.15, 0.2) is 0 Å². The Labute approximate surface area is 629 Å². The number of carbonyl (C=O) groups excluding carboxylic acids is 15. The van der Waals surface area contributed by atoms with Gasteiger partial charge in [0.05, 0.1) is 31.8 Å². The second kappa shape index (κ2) is 48.9. The van der Waals surface area contributed by atoms with Crippen molar-refractivity contribution in [1.29, 1.82) is 0 Å². The molecule has 0 aliphatic carbocycles. The highest BCUT2D eigenvalue weighted by Crippen LogP contribution is 2.16. The van der Waals surface area contributed by atoms with Crippen LogP contribution in [0.4, 0.5) is 0 Å². The van der Waals surface area contributed by atoms with Gasteiger partial charge >= 0.3 is 5.97 Å². The van der Waals surface area contributed by atoms with E-state index in [1.165, 1.54) is 32.5 Å². The number of amides is 15.